The average molecular weight is 390 g/mol. The number of hydrogen-bond acceptors (Lipinski definition) is 4. The first-order valence-electron chi connectivity index (χ1n) is 8.11. The number of amides is 2. The van der Waals surface area contributed by atoms with E-state index in [4.69, 9.17) is 16.3 Å². The van der Waals surface area contributed by atoms with Crippen LogP contribution in [0.4, 0.5) is 14.9 Å². The third-order valence-electron chi connectivity index (χ3n) is 4.29. The largest absolute Gasteiger partial charge is 0.468 e. The highest BCUT2D eigenvalue weighted by Crippen LogP contribution is 2.33. The van der Waals surface area contributed by atoms with Gasteiger partial charge in [0, 0.05) is 10.7 Å². The van der Waals surface area contributed by atoms with Gasteiger partial charge in [-0.25, -0.2) is 14.2 Å². The first kappa shape index (κ1) is 18.8. The van der Waals surface area contributed by atoms with Crippen LogP contribution in [0, 0.1) is 11.2 Å². The van der Waals surface area contributed by atoms with Gasteiger partial charge in [0.2, 0.25) is 0 Å². The summed E-state index contributed by atoms with van der Waals surface area (Å²) in [5.41, 5.74) is 0.227. The van der Waals surface area contributed by atoms with E-state index in [1.165, 1.54) is 31.4 Å². The Morgan fingerprint density at radius 1 is 1.19 bits per heavy atom. The molecular formula is C19H17ClFN3O3. The molecule has 6 nitrogen and oxygen atoms in total. The molecule has 27 heavy (non-hydrogen) atoms. The quantitative estimate of drug-likeness (QED) is 0.809. The van der Waals surface area contributed by atoms with Crippen molar-refractivity contribution in [2.24, 2.45) is 10.5 Å². The molecule has 3 rings (SSSR count). The molecule has 2 aromatic carbocycles. The third-order valence-corrected chi connectivity index (χ3v) is 4.54. The Hall–Kier alpha value is -2.93. The van der Waals surface area contributed by atoms with Crippen LogP contribution in [-0.4, -0.2) is 36.4 Å². The molecule has 2 aromatic rings. The first-order valence-corrected chi connectivity index (χ1v) is 8.49. The zero-order valence-electron chi connectivity index (χ0n) is 14.7. The molecule has 8 heteroatoms. The van der Waals surface area contributed by atoms with Crippen molar-refractivity contribution in [3.63, 3.8) is 0 Å². The molecule has 1 atom stereocenters. The fourth-order valence-electron chi connectivity index (χ4n) is 2.85. The Balaban J connectivity index is 1.90. The van der Waals surface area contributed by atoms with E-state index in [0.717, 1.165) is 5.01 Å². The van der Waals surface area contributed by atoms with Gasteiger partial charge in [-0.3, -0.25) is 4.79 Å². The number of carbonyl (C=O) groups excluding carboxylic acids is 2. The van der Waals surface area contributed by atoms with Crippen LogP contribution >= 0.6 is 11.6 Å². The summed E-state index contributed by atoms with van der Waals surface area (Å²) in [4.78, 5) is 25.0. The number of halogens is 2. The van der Waals surface area contributed by atoms with Gasteiger partial charge in [0.1, 0.15) is 11.2 Å². The molecule has 0 fully saturated rings. The molecule has 1 aliphatic heterocycles. The van der Waals surface area contributed by atoms with Crippen LogP contribution in [0.25, 0.3) is 0 Å². The van der Waals surface area contributed by atoms with Gasteiger partial charge in [-0.05, 0) is 48.9 Å². The smallest absolute Gasteiger partial charge is 0.342 e. The predicted molar refractivity (Wildman–Crippen MR) is 100 cm³/mol. The topological polar surface area (TPSA) is 71.0 Å². The molecule has 0 radical (unpaired) electrons. The van der Waals surface area contributed by atoms with Crippen molar-refractivity contribution < 1.29 is 18.7 Å². The standard InChI is InChI=1S/C19H17ClFN3O3/c1-19(17(25)27-2)11-24(18(26)22-15-9-5-13(20)6-10-15)23-16(19)12-3-7-14(21)8-4-12/h3-10H,11H2,1-2H3,(H,22,26). The van der Waals surface area contributed by atoms with E-state index in [1.54, 1.807) is 31.2 Å². The maximum absolute atomic E-state index is 13.3. The van der Waals surface area contributed by atoms with E-state index in [9.17, 15) is 14.0 Å². The van der Waals surface area contributed by atoms with Crippen molar-refractivity contribution in [3.05, 3.63) is 64.9 Å². The van der Waals surface area contributed by atoms with Crippen LogP contribution in [0.5, 0.6) is 0 Å². The van der Waals surface area contributed by atoms with Gasteiger partial charge >= 0.3 is 12.0 Å². The Morgan fingerprint density at radius 3 is 2.41 bits per heavy atom. The van der Waals surface area contributed by atoms with E-state index < -0.39 is 23.2 Å². The Morgan fingerprint density at radius 2 is 1.81 bits per heavy atom. The summed E-state index contributed by atoms with van der Waals surface area (Å²) in [6, 6.07) is 11.6. The number of ether oxygens (including phenoxy) is 1. The zero-order valence-corrected chi connectivity index (χ0v) is 15.5. The number of hydrazone groups is 1. The van der Waals surface area contributed by atoms with Gasteiger partial charge in [0.15, 0.2) is 0 Å². The highest BCUT2D eigenvalue weighted by molar-refractivity contribution is 6.30. The van der Waals surface area contributed by atoms with Crippen molar-refractivity contribution in [2.45, 2.75) is 6.92 Å². The predicted octanol–water partition coefficient (Wildman–Crippen LogP) is 3.91. The summed E-state index contributed by atoms with van der Waals surface area (Å²) in [6.07, 6.45) is 0. The molecular weight excluding hydrogens is 373 g/mol. The molecule has 1 N–H and O–H groups in total. The summed E-state index contributed by atoms with van der Waals surface area (Å²) >= 11 is 5.84. The van der Waals surface area contributed by atoms with Crippen LogP contribution in [0.15, 0.2) is 53.6 Å². The monoisotopic (exact) mass is 389 g/mol. The van der Waals surface area contributed by atoms with E-state index in [0.29, 0.717) is 22.0 Å². The first-order chi connectivity index (χ1) is 12.8. The molecule has 0 aliphatic carbocycles. The summed E-state index contributed by atoms with van der Waals surface area (Å²) in [6.45, 7) is 1.63. The van der Waals surface area contributed by atoms with E-state index >= 15 is 0 Å². The molecule has 0 bridgehead atoms. The Kier molecular flexibility index (Phi) is 5.14. The fourth-order valence-corrected chi connectivity index (χ4v) is 2.98. The number of anilines is 1. The van der Waals surface area contributed by atoms with Gasteiger partial charge in [-0.1, -0.05) is 23.7 Å². The summed E-state index contributed by atoms with van der Waals surface area (Å²) in [5, 5.41) is 8.71. The second-order valence-corrected chi connectivity index (χ2v) is 6.71. The number of esters is 1. The van der Waals surface area contributed by atoms with Crippen molar-refractivity contribution in [3.8, 4) is 0 Å². The van der Waals surface area contributed by atoms with E-state index in [1.807, 2.05) is 0 Å². The number of carbonyl (C=O) groups is 2. The second kappa shape index (κ2) is 7.36. The van der Waals surface area contributed by atoms with Gasteiger partial charge < -0.3 is 10.1 Å². The van der Waals surface area contributed by atoms with Gasteiger partial charge in [0.05, 0.1) is 19.4 Å². The van der Waals surface area contributed by atoms with Crippen molar-refractivity contribution in [1.29, 1.82) is 0 Å². The van der Waals surface area contributed by atoms with Gasteiger partial charge in [0.25, 0.3) is 0 Å². The molecule has 0 spiro atoms. The molecule has 2 amide bonds. The van der Waals surface area contributed by atoms with E-state index in [2.05, 4.69) is 10.4 Å². The molecule has 140 valence electrons. The molecule has 0 aromatic heterocycles. The molecule has 1 unspecified atom stereocenters. The lowest BCUT2D eigenvalue weighted by atomic mass is 9.82. The summed E-state index contributed by atoms with van der Waals surface area (Å²) in [7, 11) is 1.27. The van der Waals surface area contributed by atoms with Crippen molar-refractivity contribution in [1.82, 2.24) is 5.01 Å². The summed E-state index contributed by atoms with van der Waals surface area (Å²) in [5.74, 6) is -0.943. The number of methoxy groups -OCH3 is 1. The minimum atomic E-state index is -1.18. The van der Waals surface area contributed by atoms with Crippen LogP contribution in [0.2, 0.25) is 5.02 Å². The van der Waals surface area contributed by atoms with Gasteiger partial charge in [-0.15, -0.1) is 0 Å². The van der Waals surface area contributed by atoms with Crippen LogP contribution in [-0.2, 0) is 9.53 Å². The minimum absolute atomic E-state index is 0.00813. The molecule has 0 saturated heterocycles. The SMILES string of the molecule is COC(=O)C1(C)CN(C(=O)Nc2ccc(Cl)cc2)N=C1c1ccc(F)cc1. The Labute approximate surface area is 160 Å². The number of nitrogens with one attached hydrogen (secondary N) is 1. The number of rotatable bonds is 3. The lowest BCUT2D eigenvalue weighted by Crippen LogP contribution is -2.42. The maximum atomic E-state index is 13.3. The molecule has 1 heterocycles. The number of benzene rings is 2. The minimum Gasteiger partial charge on any atom is -0.468 e. The van der Waals surface area contributed by atoms with E-state index in [-0.39, 0.29) is 6.54 Å². The van der Waals surface area contributed by atoms with Crippen molar-refractivity contribution >= 4 is 35.0 Å². The third kappa shape index (κ3) is 3.78. The second-order valence-electron chi connectivity index (χ2n) is 6.27. The lowest BCUT2D eigenvalue weighted by molar-refractivity contribution is -0.147. The Bertz CT molecular complexity index is 899. The van der Waals surface area contributed by atoms with Crippen LogP contribution in [0.1, 0.15) is 12.5 Å². The van der Waals surface area contributed by atoms with Gasteiger partial charge in [-0.2, -0.15) is 5.10 Å². The lowest BCUT2D eigenvalue weighted by Gasteiger charge is -2.23. The normalized spacial score (nSPS) is 18.8. The highest BCUT2D eigenvalue weighted by atomic mass is 35.5. The zero-order chi connectivity index (χ0) is 19.6. The highest BCUT2D eigenvalue weighted by Gasteiger charge is 2.48. The van der Waals surface area contributed by atoms with Crippen molar-refractivity contribution in [2.75, 3.05) is 19.0 Å². The molecule has 0 saturated carbocycles. The summed E-state index contributed by atoms with van der Waals surface area (Å²) < 4.78 is 18.2. The van der Waals surface area contributed by atoms with Crippen LogP contribution in [0.3, 0.4) is 0 Å². The van der Waals surface area contributed by atoms with Crippen LogP contribution < -0.4 is 5.32 Å². The maximum Gasteiger partial charge on any atom is 0.342 e. The number of urea groups is 1. The average Bonchev–Trinajstić information content (AvgIpc) is 3.02. The fraction of sp³-hybridized carbons (Fsp3) is 0.211. The number of hydrogen-bond donors (Lipinski definition) is 1. The number of nitrogens with zero attached hydrogens (tertiary/aromatic N) is 2. The molecule has 1 aliphatic rings.